The van der Waals surface area contributed by atoms with Gasteiger partial charge < -0.3 is 24.2 Å². The van der Waals surface area contributed by atoms with Crippen LogP contribution in [0.3, 0.4) is 0 Å². The largest absolute Gasteiger partial charge is 0.476 e. The molecule has 1 heterocycles. The number of hydrogen-bond acceptors (Lipinski definition) is 6. The van der Waals surface area contributed by atoms with Gasteiger partial charge in [-0.3, -0.25) is 4.57 Å². The van der Waals surface area contributed by atoms with Crippen molar-refractivity contribution in [3.63, 3.8) is 0 Å². The maximum Gasteiger partial charge on any atom is 0.476 e. The van der Waals surface area contributed by atoms with Crippen LogP contribution in [0.1, 0.15) is 6.92 Å². The zero-order chi connectivity index (χ0) is 14.1. The topological polar surface area (TPSA) is 123 Å². The van der Waals surface area contributed by atoms with E-state index in [1.807, 2.05) is 0 Å². The highest BCUT2D eigenvalue weighted by Crippen LogP contribution is 2.58. The second-order valence-corrected chi connectivity index (χ2v) is 7.56. The molecule has 0 amide bonds. The summed E-state index contributed by atoms with van der Waals surface area (Å²) in [6, 6.07) is -0.674. The summed E-state index contributed by atoms with van der Waals surface area (Å²) in [4.78, 5) is 17.0. The predicted octanol–water partition coefficient (Wildman–Crippen LogP) is -0.174. The molecular formula is C7H15BO8P2. The van der Waals surface area contributed by atoms with Crippen LogP contribution >= 0.6 is 15.4 Å². The molecule has 0 bridgehead atoms. The lowest BCUT2D eigenvalue weighted by Gasteiger charge is -2.19. The van der Waals surface area contributed by atoms with Crippen LogP contribution in [0.15, 0.2) is 0 Å². The monoisotopic (exact) mass is 300 g/mol. The van der Waals surface area contributed by atoms with E-state index in [0.29, 0.717) is 0 Å². The lowest BCUT2D eigenvalue weighted by Crippen LogP contribution is -2.29. The molecule has 1 rings (SSSR count). The van der Waals surface area contributed by atoms with Crippen LogP contribution in [0.25, 0.3) is 0 Å². The molecule has 104 valence electrons. The zero-order valence-corrected chi connectivity index (χ0v) is 11.7. The molecule has 1 fully saturated rings. The summed E-state index contributed by atoms with van der Waals surface area (Å²) in [6.07, 6.45) is -1.72. The predicted molar refractivity (Wildman–Crippen MR) is 62.2 cm³/mol. The van der Waals surface area contributed by atoms with E-state index < -0.39 is 33.6 Å². The van der Waals surface area contributed by atoms with Gasteiger partial charge in [0.2, 0.25) is 0 Å². The van der Waals surface area contributed by atoms with Crippen LogP contribution < -0.4 is 0 Å². The minimum Gasteiger partial charge on any atom is -0.390 e. The highest BCUT2D eigenvalue weighted by atomic mass is 31.3. The Morgan fingerprint density at radius 3 is 2.33 bits per heavy atom. The molecule has 1 aliphatic rings. The fourth-order valence-electron chi connectivity index (χ4n) is 1.50. The molecular weight excluding hydrogens is 285 g/mol. The second kappa shape index (κ2) is 5.73. The molecule has 0 spiro atoms. The summed E-state index contributed by atoms with van der Waals surface area (Å²) in [7, 11) is -3.29. The standard InChI is InChI=1S/C7H15BO8P2/c1-4-6(9)5(15-7(4)8)3-14-17(2,10)16-18(11,12)13/h4-7,9H,3H2,1-2H3,(H2,11,12,13)/t4?,5-,6+,7-,17?/m1/s1. The first-order valence-corrected chi connectivity index (χ1v) is 8.62. The van der Waals surface area contributed by atoms with Crippen molar-refractivity contribution in [2.24, 2.45) is 5.92 Å². The molecule has 2 radical (unpaired) electrons. The minimum absolute atomic E-state index is 0.322. The summed E-state index contributed by atoms with van der Waals surface area (Å²) in [5, 5.41) is 9.69. The van der Waals surface area contributed by atoms with Crippen molar-refractivity contribution in [1.29, 1.82) is 0 Å². The Morgan fingerprint density at radius 2 is 1.94 bits per heavy atom. The molecule has 8 nitrogen and oxygen atoms in total. The Kier molecular flexibility index (Phi) is 5.20. The average Bonchev–Trinajstić information content (AvgIpc) is 2.39. The number of aliphatic hydroxyl groups is 1. The van der Waals surface area contributed by atoms with Crippen LogP contribution in [0.5, 0.6) is 0 Å². The number of phosphoric acid groups is 1. The van der Waals surface area contributed by atoms with E-state index >= 15 is 0 Å². The van der Waals surface area contributed by atoms with Gasteiger partial charge in [0.05, 0.1) is 12.7 Å². The third-order valence-corrected chi connectivity index (χ3v) is 5.15. The number of rotatable bonds is 5. The zero-order valence-electron chi connectivity index (χ0n) is 9.87. The van der Waals surface area contributed by atoms with Crippen molar-refractivity contribution in [1.82, 2.24) is 0 Å². The Labute approximate surface area is 106 Å². The highest BCUT2D eigenvalue weighted by Gasteiger charge is 2.39. The lowest BCUT2D eigenvalue weighted by molar-refractivity contribution is -0.000219. The van der Waals surface area contributed by atoms with E-state index in [4.69, 9.17) is 26.9 Å². The molecule has 18 heavy (non-hydrogen) atoms. The smallest absolute Gasteiger partial charge is 0.390 e. The average molecular weight is 300 g/mol. The molecule has 1 saturated heterocycles. The van der Waals surface area contributed by atoms with Gasteiger partial charge in [0.1, 0.15) is 14.0 Å². The molecule has 0 saturated carbocycles. The minimum atomic E-state index is -4.90. The molecule has 0 aromatic carbocycles. The van der Waals surface area contributed by atoms with Gasteiger partial charge in [-0.05, 0) is 0 Å². The van der Waals surface area contributed by atoms with Crippen LogP contribution in [-0.4, -0.2) is 54.2 Å². The Hall–Kier alpha value is 0.285. The van der Waals surface area contributed by atoms with Crippen molar-refractivity contribution in [3.8, 4) is 0 Å². The first-order chi connectivity index (χ1) is 8.02. The SMILES string of the molecule is [B][C@@H]1O[C@H](COP(C)(=O)OP(=O)(O)O)[C@@H](O)C1C. The number of ether oxygens (including phenoxy) is 1. The van der Waals surface area contributed by atoms with E-state index in [0.717, 1.165) is 6.66 Å². The van der Waals surface area contributed by atoms with Crippen molar-refractivity contribution in [2.45, 2.75) is 25.1 Å². The third-order valence-electron chi connectivity index (χ3n) is 2.50. The van der Waals surface area contributed by atoms with E-state index in [1.54, 1.807) is 6.92 Å². The van der Waals surface area contributed by atoms with Gasteiger partial charge in [-0.15, -0.1) is 0 Å². The summed E-state index contributed by atoms with van der Waals surface area (Å²) >= 11 is 0. The van der Waals surface area contributed by atoms with Crippen LogP contribution in [-0.2, 0) is 22.7 Å². The normalized spacial score (nSPS) is 36.5. The highest BCUT2D eigenvalue weighted by molar-refractivity contribution is 7.63. The van der Waals surface area contributed by atoms with Gasteiger partial charge in [0.25, 0.3) is 0 Å². The van der Waals surface area contributed by atoms with Crippen molar-refractivity contribution in [3.05, 3.63) is 0 Å². The first kappa shape index (κ1) is 16.3. The second-order valence-electron chi connectivity index (χ2n) is 4.13. The quantitative estimate of drug-likeness (QED) is 0.472. The summed E-state index contributed by atoms with van der Waals surface area (Å²) in [5.74, 6) is -0.322. The molecule has 5 atom stereocenters. The first-order valence-electron chi connectivity index (χ1n) is 5.10. The molecule has 2 unspecified atom stereocenters. The van der Waals surface area contributed by atoms with Gasteiger partial charge in [0.15, 0.2) is 0 Å². The third kappa shape index (κ3) is 4.76. The molecule has 0 aromatic heterocycles. The summed E-state index contributed by atoms with van der Waals surface area (Å²) < 4.78 is 36.0. The van der Waals surface area contributed by atoms with E-state index in [9.17, 15) is 14.2 Å². The molecule has 1 aliphatic heterocycles. The van der Waals surface area contributed by atoms with Crippen molar-refractivity contribution >= 4 is 23.3 Å². The Bertz CT molecular complexity index is 384. The van der Waals surface area contributed by atoms with E-state index in [2.05, 4.69) is 4.31 Å². The maximum absolute atomic E-state index is 11.6. The van der Waals surface area contributed by atoms with Crippen LogP contribution in [0.4, 0.5) is 0 Å². The molecule has 3 N–H and O–H groups in total. The summed E-state index contributed by atoms with van der Waals surface area (Å²) in [5.41, 5.74) is 0. The van der Waals surface area contributed by atoms with Crippen molar-refractivity contribution in [2.75, 3.05) is 13.3 Å². The van der Waals surface area contributed by atoms with Gasteiger partial charge in [-0.2, -0.15) is 0 Å². The molecule has 0 aliphatic carbocycles. The van der Waals surface area contributed by atoms with Crippen LogP contribution in [0.2, 0.25) is 0 Å². The van der Waals surface area contributed by atoms with Gasteiger partial charge in [0, 0.05) is 18.6 Å². The van der Waals surface area contributed by atoms with Gasteiger partial charge >= 0.3 is 15.4 Å². The maximum atomic E-state index is 11.6. The van der Waals surface area contributed by atoms with E-state index in [-0.39, 0.29) is 12.5 Å². The fourth-order valence-corrected chi connectivity index (χ4v) is 3.65. The molecule has 0 aromatic rings. The molecule has 11 heteroatoms. The Morgan fingerprint density at radius 1 is 1.39 bits per heavy atom. The lowest BCUT2D eigenvalue weighted by atomic mass is 9.86. The fraction of sp³-hybridized carbons (Fsp3) is 1.00. The van der Waals surface area contributed by atoms with Gasteiger partial charge in [-0.25, -0.2) is 8.88 Å². The van der Waals surface area contributed by atoms with Crippen molar-refractivity contribution < 1.29 is 37.6 Å². The van der Waals surface area contributed by atoms with Crippen LogP contribution in [0, 0.1) is 5.92 Å². The summed E-state index contributed by atoms with van der Waals surface area (Å²) in [6.45, 7) is 2.25. The Balaban J connectivity index is 2.51. The van der Waals surface area contributed by atoms with E-state index in [1.165, 1.54) is 0 Å². The number of hydrogen-bond donors (Lipinski definition) is 3. The van der Waals surface area contributed by atoms with Gasteiger partial charge in [-0.1, -0.05) is 6.92 Å². The number of aliphatic hydroxyl groups excluding tert-OH is 1.